The van der Waals surface area contributed by atoms with Crippen LogP contribution in [0.15, 0.2) is 47.4 Å². The first-order valence-electron chi connectivity index (χ1n) is 11.8. The van der Waals surface area contributed by atoms with Crippen molar-refractivity contribution in [3.8, 4) is 11.5 Å². The van der Waals surface area contributed by atoms with E-state index >= 15 is 0 Å². The van der Waals surface area contributed by atoms with Gasteiger partial charge in [-0.3, -0.25) is 24.1 Å². The minimum absolute atomic E-state index is 0.146. The van der Waals surface area contributed by atoms with Gasteiger partial charge in [0, 0.05) is 5.69 Å². The van der Waals surface area contributed by atoms with E-state index in [2.05, 4.69) is 12.2 Å². The Bertz CT molecular complexity index is 1190. The summed E-state index contributed by atoms with van der Waals surface area (Å²) in [6.45, 7) is 5.39. The fraction of sp³-hybridized carbons (Fsp3) is 0.333. The highest BCUT2D eigenvalue weighted by molar-refractivity contribution is 8.18. The molecule has 0 aliphatic carbocycles. The third kappa shape index (κ3) is 7.85. The molecule has 0 saturated carbocycles. The summed E-state index contributed by atoms with van der Waals surface area (Å²) in [5, 5.41) is 2.23. The molecule has 1 aliphatic heterocycles. The molecule has 10 heteroatoms. The van der Waals surface area contributed by atoms with Crippen molar-refractivity contribution in [2.45, 2.75) is 27.2 Å². The molecule has 1 fully saturated rings. The number of ether oxygens (including phenoxy) is 3. The van der Waals surface area contributed by atoms with Crippen LogP contribution in [-0.4, -0.2) is 54.8 Å². The maximum absolute atomic E-state index is 12.7. The van der Waals surface area contributed by atoms with Crippen LogP contribution in [0.25, 0.3) is 6.08 Å². The molecule has 0 bridgehead atoms. The lowest BCUT2D eigenvalue weighted by molar-refractivity contribution is -0.147. The van der Waals surface area contributed by atoms with E-state index in [1.165, 1.54) is 18.7 Å². The molecular weight excluding hydrogens is 496 g/mol. The molecule has 3 rings (SSSR count). The molecule has 0 spiro atoms. The van der Waals surface area contributed by atoms with E-state index in [4.69, 9.17) is 14.2 Å². The summed E-state index contributed by atoms with van der Waals surface area (Å²) >= 11 is 0.744. The highest BCUT2D eigenvalue weighted by atomic mass is 32.2. The van der Waals surface area contributed by atoms with Gasteiger partial charge in [-0.1, -0.05) is 39.0 Å². The van der Waals surface area contributed by atoms with E-state index in [1.54, 1.807) is 18.2 Å². The van der Waals surface area contributed by atoms with Crippen molar-refractivity contribution in [3.05, 3.63) is 58.5 Å². The largest absolute Gasteiger partial charge is 0.493 e. The van der Waals surface area contributed by atoms with Crippen molar-refractivity contribution >= 4 is 46.5 Å². The number of nitrogens with one attached hydrogen (secondary N) is 1. The van der Waals surface area contributed by atoms with Crippen LogP contribution in [-0.2, 0) is 25.5 Å². The smallest absolute Gasteiger partial charge is 0.326 e. The molecule has 1 saturated heterocycles. The third-order valence-corrected chi connectivity index (χ3v) is 6.14. The summed E-state index contributed by atoms with van der Waals surface area (Å²) in [5.74, 6) is -0.687. The second kappa shape index (κ2) is 13.0. The number of hydrogen-bond acceptors (Lipinski definition) is 8. The van der Waals surface area contributed by atoms with Gasteiger partial charge in [-0.05, 0) is 65.6 Å². The van der Waals surface area contributed by atoms with Gasteiger partial charge in [0.25, 0.3) is 17.1 Å². The lowest BCUT2D eigenvalue weighted by Gasteiger charge is -2.13. The topological polar surface area (TPSA) is 111 Å². The molecule has 2 aromatic rings. The molecule has 37 heavy (non-hydrogen) atoms. The first-order valence-corrected chi connectivity index (χ1v) is 12.6. The minimum Gasteiger partial charge on any atom is -0.493 e. The average Bonchev–Trinajstić information content (AvgIpc) is 3.14. The maximum Gasteiger partial charge on any atom is 0.326 e. The van der Waals surface area contributed by atoms with Gasteiger partial charge in [0.05, 0.1) is 18.6 Å². The van der Waals surface area contributed by atoms with Crippen molar-refractivity contribution < 1.29 is 33.4 Å². The van der Waals surface area contributed by atoms with E-state index in [1.807, 2.05) is 38.1 Å². The van der Waals surface area contributed by atoms with Crippen molar-refractivity contribution in [1.29, 1.82) is 0 Å². The van der Waals surface area contributed by atoms with Crippen molar-refractivity contribution in [1.82, 2.24) is 4.90 Å². The molecule has 196 valence electrons. The van der Waals surface area contributed by atoms with E-state index in [0.29, 0.717) is 22.7 Å². The first kappa shape index (κ1) is 27.8. The number of benzene rings is 2. The number of amides is 3. The third-order valence-electron chi connectivity index (χ3n) is 5.23. The summed E-state index contributed by atoms with van der Waals surface area (Å²) in [6.07, 6.45) is 2.45. The van der Waals surface area contributed by atoms with Gasteiger partial charge in [0.15, 0.2) is 18.1 Å². The second-order valence-electron chi connectivity index (χ2n) is 8.64. The van der Waals surface area contributed by atoms with Gasteiger partial charge >= 0.3 is 5.97 Å². The molecule has 3 amide bonds. The molecule has 2 aromatic carbocycles. The Morgan fingerprint density at radius 1 is 1.08 bits per heavy atom. The molecular formula is C27H30N2O7S. The van der Waals surface area contributed by atoms with Gasteiger partial charge < -0.3 is 19.5 Å². The zero-order valence-electron chi connectivity index (χ0n) is 21.2. The van der Waals surface area contributed by atoms with E-state index < -0.39 is 23.7 Å². The number of imide groups is 1. The molecule has 1 heterocycles. The Kier molecular flexibility index (Phi) is 9.73. The van der Waals surface area contributed by atoms with Crippen molar-refractivity contribution in [2.75, 3.05) is 32.2 Å². The number of anilines is 1. The van der Waals surface area contributed by atoms with Crippen LogP contribution in [0.3, 0.4) is 0 Å². The Balaban J connectivity index is 1.61. The number of nitrogens with zero attached hydrogens (tertiary/aromatic N) is 1. The number of aryl methyl sites for hydroxylation is 1. The standard InChI is InChI=1S/C27H30N2O7S/c1-5-18-6-9-20(10-7-18)28-24(30)16-35-21-11-8-19(12-22(21)34-4)13-23-26(32)29(27(33)37-23)14-25(31)36-15-17(2)3/h6-13,17H,5,14-16H2,1-4H3,(H,28,30)/b23-13-. The predicted octanol–water partition coefficient (Wildman–Crippen LogP) is 4.51. The van der Waals surface area contributed by atoms with Crippen LogP contribution in [0.1, 0.15) is 31.9 Å². The van der Waals surface area contributed by atoms with Crippen LogP contribution in [0.2, 0.25) is 0 Å². The van der Waals surface area contributed by atoms with Gasteiger partial charge in [-0.2, -0.15) is 0 Å². The molecule has 9 nitrogen and oxygen atoms in total. The van der Waals surface area contributed by atoms with E-state index in [9.17, 15) is 19.2 Å². The first-order chi connectivity index (χ1) is 17.7. The summed E-state index contributed by atoms with van der Waals surface area (Å²) in [4.78, 5) is 50.3. The van der Waals surface area contributed by atoms with Gasteiger partial charge in [0.1, 0.15) is 6.54 Å². The molecule has 0 unspecified atom stereocenters. The fourth-order valence-electron chi connectivity index (χ4n) is 3.28. The van der Waals surface area contributed by atoms with Crippen LogP contribution in [0.4, 0.5) is 10.5 Å². The number of carbonyl (C=O) groups is 4. The summed E-state index contributed by atoms with van der Waals surface area (Å²) in [5.41, 5.74) is 2.43. The Hall–Kier alpha value is -3.79. The number of hydrogen-bond donors (Lipinski definition) is 1. The van der Waals surface area contributed by atoms with Gasteiger partial charge in [-0.25, -0.2) is 0 Å². The van der Waals surface area contributed by atoms with Crippen LogP contribution < -0.4 is 14.8 Å². The zero-order chi connectivity index (χ0) is 26.9. The maximum atomic E-state index is 12.7. The molecule has 1 N–H and O–H groups in total. The Labute approximate surface area is 220 Å². The Morgan fingerprint density at radius 3 is 2.46 bits per heavy atom. The number of methoxy groups -OCH3 is 1. The van der Waals surface area contributed by atoms with Gasteiger partial charge in [-0.15, -0.1) is 0 Å². The molecule has 1 aliphatic rings. The lowest BCUT2D eigenvalue weighted by Crippen LogP contribution is -2.34. The van der Waals surface area contributed by atoms with Crippen LogP contribution in [0.5, 0.6) is 11.5 Å². The average molecular weight is 527 g/mol. The number of rotatable bonds is 11. The summed E-state index contributed by atoms with van der Waals surface area (Å²) in [7, 11) is 1.46. The van der Waals surface area contributed by atoms with Gasteiger partial charge in [0.2, 0.25) is 0 Å². The number of esters is 1. The summed E-state index contributed by atoms with van der Waals surface area (Å²) in [6, 6.07) is 12.5. The SMILES string of the molecule is CCc1ccc(NC(=O)COc2ccc(/C=C3\SC(=O)N(CC(=O)OCC(C)C)C3=O)cc2OC)cc1. The van der Waals surface area contributed by atoms with Crippen LogP contribution >= 0.6 is 11.8 Å². The predicted molar refractivity (Wildman–Crippen MR) is 141 cm³/mol. The van der Waals surface area contributed by atoms with Crippen molar-refractivity contribution in [3.63, 3.8) is 0 Å². The quantitative estimate of drug-likeness (QED) is 0.336. The summed E-state index contributed by atoms with van der Waals surface area (Å²) < 4.78 is 16.1. The second-order valence-corrected chi connectivity index (χ2v) is 9.64. The Morgan fingerprint density at radius 2 is 1.81 bits per heavy atom. The van der Waals surface area contributed by atoms with Crippen LogP contribution in [0, 0.1) is 5.92 Å². The zero-order valence-corrected chi connectivity index (χ0v) is 22.1. The molecule has 0 radical (unpaired) electrons. The highest BCUT2D eigenvalue weighted by Gasteiger charge is 2.36. The number of carbonyl (C=O) groups excluding carboxylic acids is 4. The van der Waals surface area contributed by atoms with E-state index in [0.717, 1.165) is 23.1 Å². The number of thioether (sulfide) groups is 1. The monoisotopic (exact) mass is 526 g/mol. The normalized spacial score (nSPS) is 14.3. The lowest BCUT2D eigenvalue weighted by atomic mass is 10.1. The van der Waals surface area contributed by atoms with Crippen molar-refractivity contribution in [2.24, 2.45) is 5.92 Å². The molecule has 0 atom stereocenters. The minimum atomic E-state index is -0.637. The molecule has 0 aromatic heterocycles. The van der Waals surface area contributed by atoms with E-state index in [-0.39, 0.29) is 29.9 Å². The highest BCUT2D eigenvalue weighted by Crippen LogP contribution is 2.34. The fourth-order valence-corrected chi connectivity index (χ4v) is 4.12.